The summed E-state index contributed by atoms with van der Waals surface area (Å²) in [4.78, 5) is 0. The molecule has 1 fully saturated rings. The quantitative estimate of drug-likeness (QED) is 0.808. The van der Waals surface area contributed by atoms with Gasteiger partial charge >= 0.3 is 0 Å². The lowest BCUT2D eigenvalue weighted by molar-refractivity contribution is 0.225. The van der Waals surface area contributed by atoms with Gasteiger partial charge in [-0.2, -0.15) is 0 Å². The highest BCUT2D eigenvalue weighted by molar-refractivity contribution is 9.10. The van der Waals surface area contributed by atoms with Crippen molar-refractivity contribution in [2.75, 3.05) is 0 Å². The molecule has 1 atom stereocenters. The summed E-state index contributed by atoms with van der Waals surface area (Å²) < 4.78 is 7.07. The summed E-state index contributed by atoms with van der Waals surface area (Å²) in [6.45, 7) is 3.00. The summed E-state index contributed by atoms with van der Waals surface area (Å²) in [6.07, 6.45) is 2.67. The van der Waals surface area contributed by atoms with Crippen LogP contribution in [0.15, 0.2) is 53.0 Å². The third-order valence-corrected chi connectivity index (χ3v) is 4.36. The molecule has 1 aliphatic rings. The maximum Gasteiger partial charge on any atom is 0.134 e. The van der Waals surface area contributed by atoms with Gasteiger partial charge in [0, 0.05) is 12.6 Å². The molecule has 0 amide bonds. The fourth-order valence-electron chi connectivity index (χ4n) is 2.28. The lowest BCUT2D eigenvalue weighted by atomic mass is 10.1. The maximum atomic E-state index is 6.06. The molecule has 3 heteroatoms. The first-order valence-electron chi connectivity index (χ1n) is 7.46. The van der Waals surface area contributed by atoms with E-state index in [0.717, 1.165) is 22.8 Å². The molecule has 0 radical (unpaired) electrons. The van der Waals surface area contributed by atoms with E-state index in [-0.39, 0.29) is 6.10 Å². The SMILES string of the molecule is CC(Oc1ccc(CNC2CC2)cc1Br)c1ccccc1. The summed E-state index contributed by atoms with van der Waals surface area (Å²) in [5, 5.41) is 3.52. The van der Waals surface area contributed by atoms with E-state index in [2.05, 4.69) is 52.4 Å². The number of ether oxygens (including phenoxy) is 1. The van der Waals surface area contributed by atoms with Crippen molar-refractivity contribution >= 4 is 15.9 Å². The molecule has 0 saturated heterocycles. The Morgan fingerprint density at radius 2 is 1.95 bits per heavy atom. The average Bonchev–Trinajstić information content (AvgIpc) is 3.33. The predicted molar refractivity (Wildman–Crippen MR) is 89.5 cm³/mol. The van der Waals surface area contributed by atoms with Gasteiger partial charge in [-0.15, -0.1) is 0 Å². The van der Waals surface area contributed by atoms with E-state index in [9.17, 15) is 0 Å². The second-order valence-corrected chi connectivity index (χ2v) is 6.45. The van der Waals surface area contributed by atoms with Gasteiger partial charge in [-0.05, 0) is 59.0 Å². The normalized spacial score (nSPS) is 15.7. The van der Waals surface area contributed by atoms with E-state index in [1.165, 1.54) is 24.0 Å². The Balaban J connectivity index is 1.64. The van der Waals surface area contributed by atoms with Crippen molar-refractivity contribution in [1.29, 1.82) is 0 Å². The van der Waals surface area contributed by atoms with Crippen LogP contribution < -0.4 is 10.1 Å². The van der Waals surface area contributed by atoms with Gasteiger partial charge in [0.2, 0.25) is 0 Å². The second kappa shape index (κ2) is 6.63. The summed E-state index contributed by atoms with van der Waals surface area (Å²) in [5.74, 6) is 0.890. The van der Waals surface area contributed by atoms with Gasteiger partial charge in [-0.25, -0.2) is 0 Å². The second-order valence-electron chi connectivity index (χ2n) is 5.59. The molecule has 0 bridgehead atoms. The van der Waals surface area contributed by atoms with Crippen LogP contribution in [0.25, 0.3) is 0 Å². The van der Waals surface area contributed by atoms with Crippen molar-refractivity contribution in [1.82, 2.24) is 5.32 Å². The molecule has 0 aliphatic heterocycles. The number of rotatable bonds is 6. The fraction of sp³-hybridized carbons (Fsp3) is 0.333. The van der Waals surface area contributed by atoms with Crippen LogP contribution in [0.5, 0.6) is 5.75 Å². The highest BCUT2D eigenvalue weighted by atomic mass is 79.9. The first-order chi connectivity index (χ1) is 10.2. The Bertz CT molecular complexity index is 595. The Morgan fingerprint density at radius 3 is 2.62 bits per heavy atom. The summed E-state index contributed by atoms with van der Waals surface area (Å²) >= 11 is 3.62. The van der Waals surface area contributed by atoms with Crippen LogP contribution in [0.3, 0.4) is 0 Å². The molecule has 0 aromatic heterocycles. The van der Waals surface area contributed by atoms with E-state index < -0.39 is 0 Å². The van der Waals surface area contributed by atoms with Gasteiger partial charge in [-0.3, -0.25) is 0 Å². The van der Waals surface area contributed by atoms with E-state index in [0.29, 0.717) is 0 Å². The maximum absolute atomic E-state index is 6.06. The molecule has 2 aromatic rings. The number of hydrogen-bond donors (Lipinski definition) is 1. The molecule has 3 rings (SSSR count). The molecule has 1 N–H and O–H groups in total. The lowest BCUT2D eigenvalue weighted by Crippen LogP contribution is -2.15. The number of halogens is 1. The van der Waals surface area contributed by atoms with E-state index in [1.807, 2.05) is 24.3 Å². The first kappa shape index (κ1) is 14.6. The number of nitrogens with one attached hydrogen (secondary N) is 1. The first-order valence-corrected chi connectivity index (χ1v) is 8.25. The standard InChI is InChI=1S/C18H20BrNO/c1-13(15-5-3-2-4-6-15)21-18-10-7-14(11-17(18)19)12-20-16-8-9-16/h2-7,10-11,13,16,20H,8-9,12H2,1H3. The van der Waals surface area contributed by atoms with Crippen LogP contribution in [0, 0.1) is 0 Å². The van der Waals surface area contributed by atoms with Crippen molar-refractivity contribution < 1.29 is 4.74 Å². The molecular weight excluding hydrogens is 326 g/mol. The smallest absolute Gasteiger partial charge is 0.134 e. The highest BCUT2D eigenvalue weighted by Crippen LogP contribution is 2.30. The zero-order valence-corrected chi connectivity index (χ0v) is 13.8. The molecular formula is C18H20BrNO. The largest absolute Gasteiger partial charge is 0.485 e. The minimum absolute atomic E-state index is 0.0398. The molecule has 1 unspecified atom stereocenters. The minimum Gasteiger partial charge on any atom is -0.485 e. The molecule has 2 aromatic carbocycles. The van der Waals surface area contributed by atoms with E-state index in [4.69, 9.17) is 4.74 Å². The van der Waals surface area contributed by atoms with Crippen molar-refractivity contribution in [2.24, 2.45) is 0 Å². The lowest BCUT2D eigenvalue weighted by Gasteiger charge is -2.17. The van der Waals surface area contributed by atoms with Crippen LogP contribution in [0.4, 0.5) is 0 Å². The van der Waals surface area contributed by atoms with Crippen LogP contribution in [-0.2, 0) is 6.54 Å². The number of hydrogen-bond acceptors (Lipinski definition) is 2. The van der Waals surface area contributed by atoms with Crippen molar-refractivity contribution in [3.8, 4) is 5.75 Å². The van der Waals surface area contributed by atoms with Crippen LogP contribution in [0.1, 0.15) is 37.0 Å². The van der Waals surface area contributed by atoms with Gasteiger partial charge < -0.3 is 10.1 Å². The van der Waals surface area contributed by atoms with E-state index >= 15 is 0 Å². The monoisotopic (exact) mass is 345 g/mol. The molecule has 2 nitrogen and oxygen atoms in total. The molecule has 21 heavy (non-hydrogen) atoms. The molecule has 1 aliphatic carbocycles. The van der Waals surface area contributed by atoms with Gasteiger partial charge in [0.15, 0.2) is 0 Å². The van der Waals surface area contributed by atoms with Gasteiger partial charge in [-0.1, -0.05) is 36.4 Å². The Kier molecular flexibility index (Phi) is 4.61. The zero-order chi connectivity index (χ0) is 14.7. The highest BCUT2D eigenvalue weighted by Gasteiger charge is 2.20. The summed E-state index contributed by atoms with van der Waals surface area (Å²) in [5.41, 5.74) is 2.47. The van der Waals surface area contributed by atoms with Gasteiger partial charge in [0.05, 0.1) is 4.47 Å². The van der Waals surface area contributed by atoms with Crippen molar-refractivity contribution in [3.63, 3.8) is 0 Å². The molecule has 110 valence electrons. The van der Waals surface area contributed by atoms with Crippen molar-refractivity contribution in [2.45, 2.75) is 38.5 Å². The molecule has 1 saturated carbocycles. The van der Waals surface area contributed by atoms with Crippen LogP contribution in [-0.4, -0.2) is 6.04 Å². The third-order valence-electron chi connectivity index (χ3n) is 3.74. The van der Waals surface area contributed by atoms with Crippen LogP contribution >= 0.6 is 15.9 Å². The zero-order valence-electron chi connectivity index (χ0n) is 12.2. The number of benzene rings is 2. The topological polar surface area (TPSA) is 21.3 Å². The Morgan fingerprint density at radius 1 is 1.19 bits per heavy atom. The van der Waals surface area contributed by atoms with Crippen LogP contribution in [0.2, 0.25) is 0 Å². The summed E-state index contributed by atoms with van der Waals surface area (Å²) in [7, 11) is 0. The minimum atomic E-state index is 0.0398. The Labute approximate surface area is 134 Å². The van der Waals surface area contributed by atoms with E-state index in [1.54, 1.807) is 0 Å². The van der Waals surface area contributed by atoms with Crippen molar-refractivity contribution in [3.05, 3.63) is 64.1 Å². The molecule has 0 heterocycles. The molecule has 0 spiro atoms. The van der Waals surface area contributed by atoms with Gasteiger partial charge in [0.1, 0.15) is 11.9 Å². The average molecular weight is 346 g/mol. The predicted octanol–water partition coefficient (Wildman–Crippen LogP) is 4.84. The Hall–Kier alpha value is -1.32. The fourth-order valence-corrected chi connectivity index (χ4v) is 2.80. The summed E-state index contributed by atoms with van der Waals surface area (Å²) in [6, 6.07) is 17.3. The van der Waals surface area contributed by atoms with Gasteiger partial charge in [0.25, 0.3) is 0 Å². The third kappa shape index (κ3) is 4.08.